The van der Waals surface area contributed by atoms with Crippen molar-refractivity contribution >= 4 is 35.2 Å². The Bertz CT molecular complexity index is 473. The Morgan fingerprint density at radius 2 is 2.30 bits per heavy atom. The molecule has 1 atom stereocenters. The maximum Gasteiger partial charge on any atom is 0.251 e. The summed E-state index contributed by atoms with van der Waals surface area (Å²) in [6.45, 7) is 4.80. The van der Waals surface area contributed by atoms with Crippen LogP contribution in [-0.2, 0) is 0 Å². The number of carbonyl (C=O) groups excluding carboxylic acids is 1. The molecule has 1 saturated heterocycles. The zero-order valence-corrected chi connectivity index (χ0v) is 13.5. The molecule has 110 valence electrons. The van der Waals surface area contributed by atoms with E-state index in [1.807, 2.05) is 43.4 Å². The summed E-state index contributed by atoms with van der Waals surface area (Å²) in [6, 6.07) is 3.48. The van der Waals surface area contributed by atoms with Crippen LogP contribution in [0.2, 0.25) is 0 Å². The lowest BCUT2D eigenvalue weighted by atomic mass is 10.1. The van der Waals surface area contributed by atoms with E-state index in [-0.39, 0.29) is 11.8 Å². The number of nitrogens with one attached hydrogen (secondary N) is 1. The third-order valence-corrected chi connectivity index (χ3v) is 5.94. The van der Waals surface area contributed by atoms with E-state index >= 15 is 0 Å². The molecule has 1 aromatic rings. The minimum absolute atomic E-state index is 0.0582. The molecule has 0 bridgehead atoms. The molecule has 1 unspecified atom stereocenters. The fraction of sp³-hybridized carbons (Fsp3) is 0.571. The molecule has 2 rings (SSSR count). The highest BCUT2D eigenvalue weighted by atomic mass is 32.2. The van der Waals surface area contributed by atoms with Crippen LogP contribution in [-0.4, -0.2) is 39.9 Å². The van der Waals surface area contributed by atoms with Gasteiger partial charge in [-0.1, -0.05) is 13.8 Å². The van der Waals surface area contributed by atoms with Gasteiger partial charge in [0.1, 0.15) is 5.82 Å². The summed E-state index contributed by atoms with van der Waals surface area (Å²) < 4.78 is 0. The Morgan fingerprint density at radius 1 is 1.50 bits per heavy atom. The Kier molecular flexibility index (Phi) is 5.60. The number of aromatic nitrogens is 1. The third kappa shape index (κ3) is 4.31. The van der Waals surface area contributed by atoms with Crippen LogP contribution in [0.4, 0.5) is 5.82 Å². The highest BCUT2D eigenvalue weighted by molar-refractivity contribution is 8.06. The van der Waals surface area contributed by atoms with Gasteiger partial charge in [-0.3, -0.25) is 4.79 Å². The smallest absolute Gasteiger partial charge is 0.251 e. The van der Waals surface area contributed by atoms with Crippen LogP contribution in [0.3, 0.4) is 0 Å². The van der Waals surface area contributed by atoms with E-state index in [0.29, 0.717) is 16.6 Å². The summed E-state index contributed by atoms with van der Waals surface area (Å²) in [7, 11) is 0. The first kappa shape index (κ1) is 15.5. The second-order valence-corrected chi connectivity index (χ2v) is 7.70. The Morgan fingerprint density at radius 3 is 2.95 bits per heavy atom. The average Bonchev–Trinajstić information content (AvgIpc) is 2.45. The van der Waals surface area contributed by atoms with Crippen molar-refractivity contribution in [2.45, 2.75) is 25.0 Å². The zero-order chi connectivity index (χ0) is 14.5. The van der Waals surface area contributed by atoms with Crippen LogP contribution in [0.1, 0.15) is 35.8 Å². The summed E-state index contributed by atoms with van der Waals surface area (Å²) in [5.41, 5.74) is 7.24. The second-order valence-electron chi connectivity index (χ2n) is 5.14. The summed E-state index contributed by atoms with van der Waals surface area (Å²) in [5, 5.41) is 3.52. The lowest BCUT2D eigenvalue weighted by molar-refractivity contribution is 0.0954. The number of thioether (sulfide) groups is 2. The number of pyridine rings is 1. The van der Waals surface area contributed by atoms with Crippen LogP contribution in [0.25, 0.3) is 0 Å². The first-order valence-corrected chi connectivity index (χ1v) is 9.01. The first-order valence-electron chi connectivity index (χ1n) is 6.81. The van der Waals surface area contributed by atoms with Crippen molar-refractivity contribution in [2.24, 2.45) is 0 Å². The van der Waals surface area contributed by atoms with Gasteiger partial charge in [-0.2, -0.15) is 23.5 Å². The van der Waals surface area contributed by atoms with Gasteiger partial charge in [0, 0.05) is 40.3 Å². The topological polar surface area (TPSA) is 68.0 Å². The van der Waals surface area contributed by atoms with E-state index in [1.165, 1.54) is 11.5 Å². The molecule has 2 heterocycles. The molecule has 0 aromatic carbocycles. The fourth-order valence-electron chi connectivity index (χ4n) is 1.96. The molecule has 20 heavy (non-hydrogen) atoms. The van der Waals surface area contributed by atoms with Gasteiger partial charge in [0.2, 0.25) is 0 Å². The van der Waals surface area contributed by atoms with Gasteiger partial charge in [0.15, 0.2) is 0 Å². The lowest BCUT2D eigenvalue weighted by Gasteiger charge is -2.21. The Balaban J connectivity index is 1.97. The largest absolute Gasteiger partial charge is 0.384 e. The fourth-order valence-corrected chi connectivity index (χ4v) is 4.58. The quantitative estimate of drug-likeness (QED) is 0.893. The van der Waals surface area contributed by atoms with E-state index < -0.39 is 0 Å². The van der Waals surface area contributed by atoms with Gasteiger partial charge < -0.3 is 11.1 Å². The molecule has 1 aromatic heterocycles. The van der Waals surface area contributed by atoms with Gasteiger partial charge in [-0.15, -0.1) is 0 Å². The van der Waals surface area contributed by atoms with Crippen LogP contribution < -0.4 is 11.1 Å². The molecule has 6 heteroatoms. The molecule has 0 saturated carbocycles. The molecule has 1 aliphatic rings. The van der Waals surface area contributed by atoms with Gasteiger partial charge in [-0.25, -0.2) is 4.98 Å². The van der Waals surface area contributed by atoms with E-state index in [2.05, 4.69) is 10.3 Å². The molecular formula is C14H21N3OS2. The number of rotatable bonds is 4. The number of hydrogen-bond donors (Lipinski definition) is 2. The third-order valence-electron chi connectivity index (χ3n) is 3.09. The van der Waals surface area contributed by atoms with Crippen molar-refractivity contribution in [1.29, 1.82) is 0 Å². The number of amides is 1. The standard InChI is InChI=1S/C14H21N3OS2/c1-9(2)12-5-10(6-13(15)17-12)14(18)16-7-11-8-19-3-4-20-11/h5-6,9,11H,3-4,7-8H2,1-2H3,(H2,15,17)(H,16,18). The highest BCUT2D eigenvalue weighted by Gasteiger charge is 2.16. The van der Waals surface area contributed by atoms with E-state index in [9.17, 15) is 4.79 Å². The van der Waals surface area contributed by atoms with E-state index in [0.717, 1.165) is 18.0 Å². The molecule has 1 amide bonds. The molecule has 1 aliphatic heterocycles. The number of hydrogen-bond acceptors (Lipinski definition) is 5. The monoisotopic (exact) mass is 311 g/mol. The number of nitrogens with two attached hydrogens (primary N) is 1. The van der Waals surface area contributed by atoms with Crippen LogP contribution >= 0.6 is 23.5 Å². The SMILES string of the molecule is CC(C)c1cc(C(=O)NCC2CSCCS2)cc(N)n1. The highest BCUT2D eigenvalue weighted by Crippen LogP contribution is 2.23. The second kappa shape index (κ2) is 7.22. The van der Waals surface area contributed by atoms with E-state index in [1.54, 1.807) is 6.07 Å². The van der Waals surface area contributed by atoms with Crippen LogP contribution in [0.15, 0.2) is 12.1 Å². The van der Waals surface area contributed by atoms with E-state index in [4.69, 9.17) is 5.73 Å². The van der Waals surface area contributed by atoms with Gasteiger partial charge in [-0.05, 0) is 18.1 Å². The van der Waals surface area contributed by atoms with Crippen molar-refractivity contribution in [1.82, 2.24) is 10.3 Å². The van der Waals surface area contributed by atoms with Crippen molar-refractivity contribution < 1.29 is 4.79 Å². The minimum atomic E-state index is -0.0582. The maximum atomic E-state index is 12.2. The van der Waals surface area contributed by atoms with Crippen LogP contribution in [0.5, 0.6) is 0 Å². The lowest BCUT2D eigenvalue weighted by Crippen LogP contribution is -2.33. The van der Waals surface area contributed by atoms with Gasteiger partial charge in [0.25, 0.3) is 5.91 Å². The summed E-state index contributed by atoms with van der Waals surface area (Å²) in [6.07, 6.45) is 0. The van der Waals surface area contributed by atoms with Crippen molar-refractivity contribution in [3.8, 4) is 0 Å². The molecule has 1 fully saturated rings. The van der Waals surface area contributed by atoms with Crippen molar-refractivity contribution in [2.75, 3.05) is 29.5 Å². The Labute approximate surface area is 128 Å². The molecule has 0 radical (unpaired) electrons. The normalized spacial score (nSPS) is 19.1. The number of nitrogens with zero attached hydrogens (tertiary/aromatic N) is 1. The average molecular weight is 311 g/mol. The molecule has 0 aliphatic carbocycles. The maximum absolute atomic E-state index is 12.2. The van der Waals surface area contributed by atoms with Crippen molar-refractivity contribution in [3.05, 3.63) is 23.4 Å². The molecule has 4 nitrogen and oxygen atoms in total. The first-order chi connectivity index (χ1) is 9.56. The zero-order valence-electron chi connectivity index (χ0n) is 11.9. The number of carbonyl (C=O) groups is 1. The molecular weight excluding hydrogens is 290 g/mol. The number of anilines is 1. The molecule has 0 spiro atoms. The van der Waals surface area contributed by atoms with Gasteiger partial charge in [0.05, 0.1) is 0 Å². The minimum Gasteiger partial charge on any atom is -0.384 e. The predicted octanol–water partition coefficient (Wildman–Crippen LogP) is 2.37. The Hall–Kier alpha value is -0.880. The van der Waals surface area contributed by atoms with Crippen LogP contribution in [0, 0.1) is 0 Å². The summed E-state index contributed by atoms with van der Waals surface area (Å²) >= 11 is 3.90. The summed E-state index contributed by atoms with van der Waals surface area (Å²) in [4.78, 5) is 16.5. The van der Waals surface area contributed by atoms with Gasteiger partial charge >= 0.3 is 0 Å². The van der Waals surface area contributed by atoms with Crippen molar-refractivity contribution in [3.63, 3.8) is 0 Å². The summed E-state index contributed by atoms with van der Waals surface area (Å²) in [5.74, 6) is 4.11. The predicted molar refractivity (Wildman–Crippen MR) is 88.6 cm³/mol. The molecule has 3 N–H and O–H groups in total. The number of nitrogen functional groups attached to an aromatic ring is 1.